The Balaban J connectivity index is 1.94. The van der Waals surface area contributed by atoms with Crippen LogP contribution in [0.4, 0.5) is 0 Å². The van der Waals surface area contributed by atoms with Gasteiger partial charge in [0.15, 0.2) is 6.29 Å². The molecule has 0 N–H and O–H groups in total. The van der Waals surface area contributed by atoms with Crippen LogP contribution in [0.2, 0.25) is 0 Å². The van der Waals surface area contributed by atoms with Gasteiger partial charge in [-0.05, 0) is 32.1 Å². The average Bonchev–Trinajstić information content (AvgIpc) is 2.34. The lowest BCUT2D eigenvalue weighted by atomic mass is 10.2. The van der Waals surface area contributed by atoms with Gasteiger partial charge in [-0.1, -0.05) is 37.6 Å². The van der Waals surface area contributed by atoms with Gasteiger partial charge in [-0.3, -0.25) is 0 Å². The number of allylic oxidation sites excluding steroid dienone is 3. The van der Waals surface area contributed by atoms with Gasteiger partial charge >= 0.3 is 0 Å². The van der Waals surface area contributed by atoms with Gasteiger partial charge in [0, 0.05) is 6.61 Å². The average molecular weight is 224 g/mol. The van der Waals surface area contributed by atoms with E-state index in [-0.39, 0.29) is 6.29 Å². The molecular formula is C14H24O2. The SMILES string of the molecule is CCC/C=C/C=C/CCOC1CCCCO1. The quantitative estimate of drug-likeness (QED) is 0.483. The molecule has 0 aromatic rings. The first-order valence-electron chi connectivity index (χ1n) is 6.48. The highest BCUT2D eigenvalue weighted by Crippen LogP contribution is 2.13. The summed E-state index contributed by atoms with van der Waals surface area (Å²) in [6, 6.07) is 0. The van der Waals surface area contributed by atoms with Crippen molar-refractivity contribution in [2.24, 2.45) is 0 Å². The minimum atomic E-state index is 0.0535. The summed E-state index contributed by atoms with van der Waals surface area (Å²) in [5, 5.41) is 0. The highest BCUT2D eigenvalue weighted by molar-refractivity contribution is 5.02. The maximum absolute atomic E-state index is 5.61. The Morgan fingerprint density at radius 3 is 2.69 bits per heavy atom. The molecule has 1 atom stereocenters. The standard InChI is InChI=1S/C14H24O2/c1-2-3-4-5-6-7-9-12-15-14-11-8-10-13-16-14/h4-7,14H,2-3,8-13H2,1H3/b5-4+,7-6+. The van der Waals surface area contributed by atoms with E-state index >= 15 is 0 Å². The first-order chi connectivity index (χ1) is 7.93. The molecule has 2 heteroatoms. The van der Waals surface area contributed by atoms with Gasteiger partial charge < -0.3 is 9.47 Å². The lowest BCUT2D eigenvalue weighted by Gasteiger charge is -2.22. The predicted octanol–water partition coefficient (Wildman–Crippen LogP) is 3.83. The fourth-order valence-electron chi connectivity index (χ4n) is 1.63. The Morgan fingerprint density at radius 2 is 2.00 bits per heavy atom. The molecule has 1 rings (SSSR count). The van der Waals surface area contributed by atoms with Crippen molar-refractivity contribution in [1.29, 1.82) is 0 Å². The first kappa shape index (κ1) is 13.5. The number of hydrogen-bond donors (Lipinski definition) is 0. The lowest BCUT2D eigenvalue weighted by Crippen LogP contribution is -2.22. The van der Waals surface area contributed by atoms with Gasteiger partial charge in [0.2, 0.25) is 0 Å². The van der Waals surface area contributed by atoms with Gasteiger partial charge in [0.1, 0.15) is 0 Å². The zero-order chi connectivity index (χ0) is 11.5. The molecule has 0 amide bonds. The number of hydrogen-bond acceptors (Lipinski definition) is 2. The van der Waals surface area contributed by atoms with Crippen molar-refractivity contribution in [2.45, 2.75) is 51.7 Å². The molecule has 1 aliphatic rings. The van der Waals surface area contributed by atoms with Crippen molar-refractivity contribution in [1.82, 2.24) is 0 Å². The van der Waals surface area contributed by atoms with E-state index < -0.39 is 0 Å². The molecule has 1 saturated heterocycles. The first-order valence-corrected chi connectivity index (χ1v) is 6.48. The Hall–Kier alpha value is -0.600. The van der Waals surface area contributed by atoms with Crippen LogP contribution < -0.4 is 0 Å². The number of ether oxygens (including phenoxy) is 2. The predicted molar refractivity (Wildman–Crippen MR) is 67.3 cm³/mol. The Bertz CT molecular complexity index is 203. The molecule has 0 spiro atoms. The zero-order valence-electron chi connectivity index (χ0n) is 10.4. The highest BCUT2D eigenvalue weighted by atomic mass is 16.7. The second kappa shape index (κ2) is 9.61. The third-order valence-electron chi connectivity index (χ3n) is 2.56. The molecule has 0 radical (unpaired) electrons. The molecule has 0 bridgehead atoms. The van der Waals surface area contributed by atoms with Gasteiger partial charge in [-0.2, -0.15) is 0 Å². The summed E-state index contributed by atoms with van der Waals surface area (Å²) in [4.78, 5) is 0. The topological polar surface area (TPSA) is 18.5 Å². The van der Waals surface area contributed by atoms with E-state index in [0.29, 0.717) is 0 Å². The second-order valence-electron chi connectivity index (χ2n) is 4.10. The number of rotatable bonds is 7. The summed E-state index contributed by atoms with van der Waals surface area (Å²) in [5.41, 5.74) is 0. The summed E-state index contributed by atoms with van der Waals surface area (Å²) < 4.78 is 11.1. The maximum atomic E-state index is 5.61. The normalized spacial score (nSPS) is 22.2. The number of unbranched alkanes of at least 4 members (excludes halogenated alkanes) is 1. The molecule has 0 aliphatic carbocycles. The molecule has 1 aliphatic heterocycles. The summed E-state index contributed by atoms with van der Waals surface area (Å²) in [6.07, 6.45) is 15.4. The Kier molecular flexibility index (Phi) is 8.09. The van der Waals surface area contributed by atoms with Crippen LogP contribution >= 0.6 is 0 Å². The summed E-state index contributed by atoms with van der Waals surface area (Å²) in [5.74, 6) is 0. The van der Waals surface area contributed by atoms with E-state index in [2.05, 4.69) is 31.2 Å². The smallest absolute Gasteiger partial charge is 0.157 e. The van der Waals surface area contributed by atoms with Crippen LogP contribution in [0.5, 0.6) is 0 Å². The van der Waals surface area contributed by atoms with E-state index in [9.17, 15) is 0 Å². The van der Waals surface area contributed by atoms with Crippen molar-refractivity contribution >= 4 is 0 Å². The largest absolute Gasteiger partial charge is 0.353 e. The monoisotopic (exact) mass is 224 g/mol. The van der Waals surface area contributed by atoms with Crippen molar-refractivity contribution in [2.75, 3.05) is 13.2 Å². The van der Waals surface area contributed by atoms with Crippen LogP contribution in [0.1, 0.15) is 45.4 Å². The third kappa shape index (κ3) is 6.81. The van der Waals surface area contributed by atoms with E-state index in [0.717, 1.165) is 32.5 Å². The van der Waals surface area contributed by atoms with Crippen LogP contribution in [-0.4, -0.2) is 19.5 Å². The summed E-state index contributed by atoms with van der Waals surface area (Å²) >= 11 is 0. The molecule has 0 saturated carbocycles. The third-order valence-corrected chi connectivity index (χ3v) is 2.56. The van der Waals surface area contributed by atoms with Crippen LogP contribution in [0, 0.1) is 0 Å². The van der Waals surface area contributed by atoms with Gasteiger partial charge in [0.05, 0.1) is 6.61 Å². The molecule has 1 heterocycles. The summed E-state index contributed by atoms with van der Waals surface area (Å²) in [7, 11) is 0. The Morgan fingerprint density at radius 1 is 1.19 bits per heavy atom. The van der Waals surface area contributed by atoms with Crippen molar-refractivity contribution in [3.8, 4) is 0 Å². The van der Waals surface area contributed by atoms with Gasteiger partial charge in [0.25, 0.3) is 0 Å². The van der Waals surface area contributed by atoms with Crippen LogP contribution in [0.15, 0.2) is 24.3 Å². The van der Waals surface area contributed by atoms with Crippen LogP contribution in [0.3, 0.4) is 0 Å². The fraction of sp³-hybridized carbons (Fsp3) is 0.714. The molecule has 16 heavy (non-hydrogen) atoms. The van der Waals surface area contributed by atoms with Crippen LogP contribution in [0.25, 0.3) is 0 Å². The van der Waals surface area contributed by atoms with E-state index in [1.807, 2.05) is 0 Å². The summed E-state index contributed by atoms with van der Waals surface area (Å²) in [6.45, 7) is 3.81. The van der Waals surface area contributed by atoms with E-state index in [1.165, 1.54) is 19.3 Å². The van der Waals surface area contributed by atoms with Crippen molar-refractivity contribution in [3.05, 3.63) is 24.3 Å². The van der Waals surface area contributed by atoms with Crippen molar-refractivity contribution < 1.29 is 9.47 Å². The van der Waals surface area contributed by atoms with E-state index in [1.54, 1.807) is 0 Å². The minimum Gasteiger partial charge on any atom is -0.353 e. The maximum Gasteiger partial charge on any atom is 0.157 e. The highest BCUT2D eigenvalue weighted by Gasteiger charge is 2.12. The molecule has 0 aromatic carbocycles. The molecule has 1 fully saturated rings. The molecule has 1 unspecified atom stereocenters. The molecule has 0 aromatic heterocycles. The molecule has 92 valence electrons. The van der Waals surface area contributed by atoms with Gasteiger partial charge in [-0.25, -0.2) is 0 Å². The fourth-order valence-corrected chi connectivity index (χ4v) is 1.63. The zero-order valence-corrected chi connectivity index (χ0v) is 10.4. The lowest BCUT2D eigenvalue weighted by molar-refractivity contribution is -0.161. The Labute approximate surface area is 99.3 Å². The molecule has 2 nitrogen and oxygen atoms in total. The molecular weight excluding hydrogens is 200 g/mol. The van der Waals surface area contributed by atoms with Crippen LogP contribution in [-0.2, 0) is 9.47 Å². The van der Waals surface area contributed by atoms with Crippen molar-refractivity contribution in [3.63, 3.8) is 0 Å². The second-order valence-corrected chi connectivity index (χ2v) is 4.10. The van der Waals surface area contributed by atoms with E-state index in [4.69, 9.17) is 9.47 Å². The van der Waals surface area contributed by atoms with Gasteiger partial charge in [-0.15, -0.1) is 0 Å². The minimum absolute atomic E-state index is 0.0535.